The summed E-state index contributed by atoms with van der Waals surface area (Å²) >= 11 is 0. The molecule has 8 nitrogen and oxygen atoms in total. The van der Waals surface area contributed by atoms with E-state index in [0.29, 0.717) is 36.7 Å². The van der Waals surface area contributed by atoms with Crippen LogP contribution >= 0.6 is 0 Å². The van der Waals surface area contributed by atoms with E-state index >= 15 is 0 Å². The van der Waals surface area contributed by atoms with Gasteiger partial charge in [-0.05, 0) is 31.2 Å². The molecule has 0 spiro atoms. The molecule has 0 radical (unpaired) electrons. The molecule has 0 bridgehead atoms. The van der Waals surface area contributed by atoms with Gasteiger partial charge in [0.25, 0.3) is 0 Å². The molecular formula is C23H26N6O2. The van der Waals surface area contributed by atoms with Gasteiger partial charge >= 0.3 is 0 Å². The number of ketones is 1. The number of furan rings is 1. The Morgan fingerprint density at radius 2 is 1.90 bits per heavy atom. The number of fused-ring (bicyclic) bond motifs is 1. The van der Waals surface area contributed by atoms with Crippen LogP contribution < -0.4 is 15.1 Å². The van der Waals surface area contributed by atoms with Crippen molar-refractivity contribution in [3.05, 3.63) is 59.8 Å². The summed E-state index contributed by atoms with van der Waals surface area (Å²) in [5.74, 6) is 3.26. The summed E-state index contributed by atoms with van der Waals surface area (Å²) in [5.41, 5.74) is 1.45. The number of nitrogens with zero attached hydrogens (tertiary/aromatic N) is 5. The highest BCUT2D eigenvalue weighted by Crippen LogP contribution is 2.35. The topological polar surface area (TPSA) is 87.4 Å². The molecule has 3 aromatic heterocycles. The molecule has 160 valence electrons. The first-order valence-electron chi connectivity index (χ1n) is 10.8. The van der Waals surface area contributed by atoms with Gasteiger partial charge in [-0.25, -0.2) is 9.97 Å². The van der Waals surface area contributed by atoms with Crippen molar-refractivity contribution in [1.82, 2.24) is 15.0 Å². The van der Waals surface area contributed by atoms with Crippen molar-refractivity contribution < 1.29 is 9.21 Å². The molecule has 2 aliphatic rings. The molecule has 1 fully saturated rings. The van der Waals surface area contributed by atoms with Crippen LogP contribution in [0.2, 0.25) is 0 Å². The molecule has 1 aliphatic carbocycles. The number of Topliss-reactive ketones (excluding diaryl/α,β-unsaturated/α-hetero) is 1. The van der Waals surface area contributed by atoms with Crippen LogP contribution in [0.15, 0.2) is 47.2 Å². The zero-order valence-corrected chi connectivity index (χ0v) is 17.6. The average Bonchev–Trinajstić information content (AvgIpc) is 3.35. The Labute approximate surface area is 181 Å². The molecule has 1 atom stereocenters. The van der Waals surface area contributed by atoms with Crippen LogP contribution in [-0.4, -0.2) is 53.5 Å². The summed E-state index contributed by atoms with van der Waals surface area (Å²) in [4.78, 5) is 31.5. The standard InChI is InChI=1S/C23H26N6O2/c1-2-24-22-21-17(14-16(15-18(21)30)19-6-5-13-31-19)26-23(27-22)29-11-9-28(10-12-29)20-7-3-4-8-25-20/h3-8,13,16H,2,9-12,14-15H2,1H3,(H,24,26,27). The normalized spacial score (nSPS) is 18.7. The van der Waals surface area contributed by atoms with Crippen LogP contribution in [0.5, 0.6) is 0 Å². The fourth-order valence-electron chi connectivity index (χ4n) is 4.40. The number of nitrogens with one attached hydrogen (secondary N) is 1. The number of rotatable bonds is 5. The van der Waals surface area contributed by atoms with Crippen molar-refractivity contribution in [3.63, 3.8) is 0 Å². The predicted molar refractivity (Wildman–Crippen MR) is 119 cm³/mol. The quantitative estimate of drug-likeness (QED) is 0.676. The Balaban J connectivity index is 1.41. The predicted octanol–water partition coefficient (Wildman–Crippen LogP) is 3.14. The second-order valence-electron chi connectivity index (χ2n) is 7.93. The third-order valence-corrected chi connectivity index (χ3v) is 5.95. The molecule has 8 heteroatoms. The Bertz CT molecular complexity index is 1050. The van der Waals surface area contributed by atoms with E-state index in [-0.39, 0.29) is 11.7 Å². The fraction of sp³-hybridized carbons (Fsp3) is 0.391. The van der Waals surface area contributed by atoms with Crippen LogP contribution in [0.3, 0.4) is 0 Å². The van der Waals surface area contributed by atoms with E-state index in [1.54, 1.807) is 6.26 Å². The van der Waals surface area contributed by atoms with E-state index in [1.165, 1.54) is 0 Å². The molecule has 0 saturated carbocycles. The highest BCUT2D eigenvalue weighted by atomic mass is 16.3. The minimum atomic E-state index is 0.0215. The van der Waals surface area contributed by atoms with Gasteiger partial charge in [0.1, 0.15) is 17.4 Å². The third-order valence-electron chi connectivity index (χ3n) is 5.95. The zero-order chi connectivity index (χ0) is 21.2. The van der Waals surface area contributed by atoms with Crippen molar-refractivity contribution in [2.75, 3.05) is 47.8 Å². The van der Waals surface area contributed by atoms with Crippen molar-refractivity contribution >= 4 is 23.4 Å². The lowest BCUT2D eigenvalue weighted by Crippen LogP contribution is -2.47. The summed E-state index contributed by atoms with van der Waals surface area (Å²) in [6.07, 6.45) is 4.58. The smallest absolute Gasteiger partial charge is 0.227 e. The van der Waals surface area contributed by atoms with Crippen LogP contribution in [0.4, 0.5) is 17.6 Å². The van der Waals surface area contributed by atoms with Crippen LogP contribution in [-0.2, 0) is 6.42 Å². The fourth-order valence-corrected chi connectivity index (χ4v) is 4.40. The van der Waals surface area contributed by atoms with Crippen molar-refractivity contribution in [3.8, 4) is 0 Å². The van der Waals surface area contributed by atoms with Gasteiger partial charge in [-0.2, -0.15) is 4.98 Å². The van der Waals surface area contributed by atoms with E-state index in [4.69, 9.17) is 14.4 Å². The number of piperazine rings is 1. The second-order valence-corrected chi connectivity index (χ2v) is 7.93. The highest BCUT2D eigenvalue weighted by Gasteiger charge is 2.33. The summed E-state index contributed by atoms with van der Waals surface area (Å²) in [7, 11) is 0. The van der Waals surface area contributed by atoms with E-state index in [1.807, 2.05) is 43.5 Å². The Hall–Kier alpha value is -3.42. The SMILES string of the molecule is CCNc1nc(N2CCN(c3ccccn3)CC2)nc2c1C(=O)CC(c1ccco1)C2. The van der Waals surface area contributed by atoms with Gasteiger partial charge in [0.05, 0.1) is 17.5 Å². The number of pyridine rings is 1. The van der Waals surface area contributed by atoms with Gasteiger partial charge in [0.15, 0.2) is 5.78 Å². The van der Waals surface area contributed by atoms with Crippen LogP contribution in [0, 0.1) is 0 Å². The summed E-state index contributed by atoms with van der Waals surface area (Å²) in [6, 6.07) is 9.78. The van der Waals surface area contributed by atoms with Crippen LogP contribution in [0.1, 0.15) is 41.1 Å². The van der Waals surface area contributed by atoms with Gasteiger partial charge in [0.2, 0.25) is 5.95 Å². The van der Waals surface area contributed by atoms with E-state index < -0.39 is 0 Å². The maximum absolute atomic E-state index is 13.0. The lowest BCUT2D eigenvalue weighted by Gasteiger charge is -2.36. The maximum atomic E-state index is 13.0. The largest absolute Gasteiger partial charge is 0.469 e. The molecular weight excluding hydrogens is 392 g/mol. The molecule has 0 amide bonds. The average molecular weight is 419 g/mol. The van der Waals surface area contributed by atoms with Crippen molar-refractivity contribution in [2.24, 2.45) is 0 Å². The molecule has 5 rings (SSSR count). The first kappa shape index (κ1) is 19.5. The van der Waals surface area contributed by atoms with Gasteiger partial charge in [-0.15, -0.1) is 0 Å². The first-order chi connectivity index (χ1) is 15.2. The zero-order valence-electron chi connectivity index (χ0n) is 17.6. The van der Waals surface area contributed by atoms with E-state index in [0.717, 1.165) is 43.5 Å². The van der Waals surface area contributed by atoms with Gasteiger partial charge in [-0.1, -0.05) is 6.07 Å². The molecule has 1 N–H and O–H groups in total. The Morgan fingerprint density at radius 1 is 1.06 bits per heavy atom. The maximum Gasteiger partial charge on any atom is 0.227 e. The number of carbonyl (C=O) groups is 1. The van der Waals surface area contributed by atoms with E-state index in [9.17, 15) is 4.79 Å². The number of hydrogen-bond donors (Lipinski definition) is 1. The molecule has 1 unspecified atom stereocenters. The molecule has 1 aliphatic heterocycles. The van der Waals surface area contributed by atoms with E-state index in [2.05, 4.69) is 20.1 Å². The minimum absolute atomic E-state index is 0.0215. The highest BCUT2D eigenvalue weighted by molar-refractivity contribution is 6.03. The number of hydrogen-bond acceptors (Lipinski definition) is 8. The summed E-state index contributed by atoms with van der Waals surface area (Å²) < 4.78 is 5.58. The first-order valence-corrected chi connectivity index (χ1v) is 10.8. The van der Waals surface area contributed by atoms with Gasteiger partial charge < -0.3 is 19.5 Å². The number of anilines is 3. The monoisotopic (exact) mass is 418 g/mol. The van der Waals surface area contributed by atoms with Crippen molar-refractivity contribution in [2.45, 2.75) is 25.7 Å². The lowest BCUT2D eigenvalue weighted by atomic mass is 9.84. The summed E-state index contributed by atoms with van der Waals surface area (Å²) in [6.45, 7) is 6.01. The second kappa shape index (κ2) is 8.37. The Morgan fingerprint density at radius 3 is 2.61 bits per heavy atom. The molecule has 1 saturated heterocycles. The molecule has 4 heterocycles. The van der Waals surface area contributed by atoms with Gasteiger partial charge in [0, 0.05) is 57.7 Å². The Kier molecular flexibility index (Phi) is 5.28. The summed E-state index contributed by atoms with van der Waals surface area (Å²) in [5, 5.41) is 3.29. The van der Waals surface area contributed by atoms with Gasteiger partial charge in [-0.3, -0.25) is 4.79 Å². The van der Waals surface area contributed by atoms with Crippen LogP contribution in [0.25, 0.3) is 0 Å². The molecule has 31 heavy (non-hydrogen) atoms. The third kappa shape index (κ3) is 3.85. The minimum Gasteiger partial charge on any atom is -0.469 e. The van der Waals surface area contributed by atoms with Crippen molar-refractivity contribution in [1.29, 1.82) is 0 Å². The number of aromatic nitrogens is 3. The molecule has 3 aromatic rings. The number of carbonyl (C=O) groups excluding carboxylic acids is 1. The molecule has 0 aromatic carbocycles. The lowest BCUT2D eigenvalue weighted by molar-refractivity contribution is 0.0959.